The van der Waals surface area contributed by atoms with Gasteiger partial charge in [-0.25, -0.2) is 4.39 Å². The molecule has 0 unspecified atom stereocenters. The number of aryl methyl sites for hydroxylation is 1. The van der Waals surface area contributed by atoms with Gasteiger partial charge >= 0.3 is 0 Å². The number of halogens is 1. The summed E-state index contributed by atoms with van der Waals surface area (Å²) in [6, 6.07) is 4.83. The molecule has 0 radical (unpaired) electrons. The fourth-order valence-corrected chi connectivity index (χ4v) is 2.28. The van der Waals surface area contributed by atoms with Crippen LogP contribution in [0.2, 0.25) is 0 Å². The van der Waals surface area contributed by atoms with E-state index >= 15 is 0 Å². The quantitative estimate of drug-likeness (QED) is 0.527. The highest BCUT2D eigenvalue weighted by Gasteiger charge is 2.26. The van der Waals surface area contributed by atoms with Crippen LogP contribution in [0, 0.1) is 18.2 Å². The molecule has 3 N–H and O–H groups in total. The van der Waals surface area contributed by atoms with E-state index in [4.69, 9.17) is 0 Å². The molecule has 1 rings (SSSR count). The highest BCUT2D eigenvalue weighted by Crippen LogP contribution is 2.15. The van der Waals surface area contributed by atoms with Crippen LogP contribution < -0.4 is 16.0 Å². The van der Waals surface area contributed by atoms with Gasteiger partial charge in [0.15, 0.2) is 5.96 Å². The monoisotopic (exact) mass is 336 g/mol. The molecule has 1 aromatic rings. The van der Waals surface area contributed by atoms with E-state index in [0.717, 1.165) is 24.1 Å². The van der Waals surface area contributed by atoms with E-state index in [1.165, 1.54) is 6.07 Å². The number of aliphatic imine (C=N–C) groups is 1. The van der Waals surface area contributed by atoms with Gasteiger partial charge in [0.2, 0.25) is 5.91 Å². The van der Waals surface area contributed by atoms with Gasteiger partial charge in [0.25, 0.3) is 0 Å². The predicted molar refractivity (Wildman–Crippen MR) is 96.7 cm³/mol. The number of nitrogens with one attached hydrogen (secondary N) is 3. The summed E-state index contributed by atoms with van der Waals surface area (Å²) in [6.07, 6.45) is 0.773. The second-order valence-corrected chi connectivity index (χ2v) is 6.41. The van der Waals surface area contributed by atoms with Crippen molar-refractivity contribution < 1.29 is 9.18 Å². The number of benzene rings is 1. The summed E-state index contributed by atoms with van der Waals surface area (Å²) in [5, 5.41) is 9.08. The van der Waals surface area contributed by atoms with Gasteiger partial charge in [-0.3, -0.25) is 9.79 Å². The van der Waals surface area contributed by atoms with Crippen LogP contribution >= 0.6 is 0 Å². The van der Waals surface area contributed by atoms with E-state index in [9.17, 15) is 9.18 Å². The van der Waals surface area contributed by atoms with Crippen molar-refractivity contribution in [3.63, 3.8) is 0 Å². The SMILES string of the molecule is CCNC(=NCC(C)(C)C(=O)NC)NCCc1ccc(F)cc1C. The van der Waals surface area contributed by atoms with Gasteiger partial charge in [0, 0.05) is 20.1 Å². The minimum atomic E-state index is -0.565. The van der Waals surface area contributed by atoms with Gasteiger partial charge in [-0.1, -0.05) is 6.07 Å². The number of hydrogen-bond acceptors (Lipinski definition) is 2. The lowest BCUT2D eigenvalue weighted by Gasteiger charge is -2.21. The number of rotatable bonds is 7. The Balaban J connectivity index is 2.62. The number of carbonyl (C=O) groups is 1. The summed E-state index contributed by atoms with van der Waals surface area (Å²) in [7, 11) is 1.63. The molecular formula is C18H29FN4O. The normalized spacial score (nSPS) is 12.0. The van der Waals surface area contributed by atoms with Crippen LogP contribution in [0.25, 0.3) is 0 Å². The standard InChI is InChI=1S/C18H29FN4O/c1-6-21-17(23-12-18(3,4)16(24)20-5)22-10-9-14-7-8-15(19)11-13(14)2/h7-8,11H,6,9-10,12H2,1-5H3,(H,20,24)(H2,21,22,23). The lowest BCUT2D eigenvalue weighted by atomic mass is 9.93. The second kappa shape index (κ2) is 9.25. The Morgan fingerprint density at radius 3 is 2.58 bits per heavy atom. The average molecular weight is 336 g/mol. The van der Waals surface area contributed by atoms with Gasteiger partial charge in [-0.2, -0.15) is 0 Å². The van der Waals surface area contributed by atoms with Crippen molar-refractivity contribution in [1.82, 2.24) is 16.0 Å². The van der Waals surface area contributed by atoms with Crippen molar-refractivity contribution in [2.45, 2.75) is 34.1 Å². The first-order chi connectivity index (χ1) is 11.3. The van der Waals surface area contributed by atoms with Crippen LogP contribution in [0.15, 0.2) is 23.2 Å². The number of carbonyl (C=O) groups excluding carboxylic acids is 1. The summed E-state index contributed by atoms with van der Waals surface area (Å²) in [6.45, 7) is 9.43. The van der Waals surface area contributed by atoms with Crippen molar-refractivity contribution >= 4 is 11.9 Å². The van der Waals surface area contributed by atoms with Crippen LogP contribution in [0.1, 0.15) is 31.9 Å². The van der Waals surface area contributed by atoms with E-state index < -0.39 is 5.41 Å². The maximum atomic E-state index is 13.1. The topological polar surface area (TPSA) is 65.5 Å². The third-order valence-electron chi connectivity index (χ3n) is 3.81. The van der Waals surface area contributed by atoms with Crippen LogP contribution in [0.3, 0.4) is 0 Å². The minimum absolute atomic E-state index is 0.0379. The summed E-state index contributed by atoms with van der Waals surface area (Å²) < 4.78 is 13.1. The zero-order valence-electron chi connectivity index (χ0n) is 15.3. The highest BCUT2D eigenvalue weighted by molar-refractivity contribution is 5.83. The Morgan fingerprint density at radius 1 is 1.29 bits per heavy atom. The first-order valence-electron chi connectivity index (χ1n) is 8.29. The lowest BCUT2D eigenvalue weighted by molar-refractivity contribution is -0.128. The van der Waals surface area contributed by atoms with Crippen molar-refractivity contribution in [3.8, 4) is 0 Å². The summed E-state index contributed by atoms with van der Waals surface area (Å²) in [5.74, 6) is 0.425. The van der Waals surface area contributed by atoms with Crippen LogP contribution in [-0.2, 0) is 11.2 Å². The molecule has 0 fully saturated rings. The van der Waals surface area contributed by atoms with Gasteiger partial charge in [-0.05, 0) is 57.4 Å². The lowest BCUT2D eigenvalue weighted by Crippen LogP contribution is -2.41. The van der Waals surface area contributed by atoms with Crippen molar-refractivity contribution in [2.24, 2.45) is 10.4 Å². The number of hydrogen-bond donors (Lipinski definition) is 3. The molecule has 134 valence electrons. The maximum Gasteiger partial charge on any atom is 0.227 e. The molecule has 0 aliphatic rings. The van der Waals surface area contributed by atoms with E-state index in [1.807, 2.05) is 33.8 Å². The molecule has 0 heterocycles. The zero-order valence-corrected chi connectivity index (χ0v) is 15.3. The summed E-state index contributed by atoms with van der Waals surface area (Å²) >= 11 is 0. The Hall–Kier alpha value is -2.11. The molecule has 6 heteroatoms. The third-order valence-corrected chi connectivity index (χ3v) is 3.81. The Labute approximate surface area is 144 Å². The van der Waals surface area contributed by atoms with Gasteiger partial charge in [-0.15, -0.1) is 0 Å². The van der Waals surface area contributed by atoms with Gasteiger partial charge in [0.05, 0.1) is 12.0 Å². The Bertz CT molecular complexity index is 584. The molecular weight excluding hydrogens is 307 g/mol. The predicted octanol–water partition coefficient (Wildman–Crippen LogP) is 2.00. The molecule has 1 amide bonds. The minimum Gasteiger partial charge on any atom is -0.359 e. The first-order valence-corrected chi connectivity index (χ1v) is 8.29. The summed E-state index contributed by atoms with van der Waals surface area (Å²) in [5.41, 5.74) is 1.48. The van der Waals surface area contributed by atoms with Gasteiger partial charge < -0.3 is 16.0 Å². The smallest absolute Gasteiger partial charge is 0.227 e. The second-order valence-electron chi connectivity index (χ2n) is 6.41. The van der Waals surface area contributed by atoms with E-state index in [-0.39, 0.29) is 11.7 Å². The van der Waals surface area contributed by atoms with E-state index in [2.05, 4.69) is 20.9 Å². The third kappa shape index (κ3) is 6.18. The van der Waals surface area contributed by atoms with E-state index in [1.54, 1.807) is 13.1 Å². The van der Waals surface area contributed by atoms with Crippen molar-refractivity contribution in [3.05, 3.63) is 35.1 Å². The maximum absolute atomic E-state index is 13.1. The molecule has 24 heavy (non-hydrogen) atoms. The molecule has 0 aliphatic carbocycles. The molecule has 0 bridgehead atoms. The average Bonchev–Trinajstić information content (AvgIpc) is 2.53. The first kappa shape index (κ1) is 19.9. The molecule has 0 saturated heterocycles. The van der Waals surface area contributed by atoms with Crippen LogP contribution in [-0.4, -0.2) is 38.5 Å². The Kier molecular flexibility index (Phi) is 7.68. The van der Waals surface area contributed by atoms with Crippen LogP contribution in [0.4, 0.5) is 4.39 Å². The van der Waals surface area contributed by atoms with Gasteiger partial charge in [0.1, 0.15) is 5.82 Å². The Morgan fingerprint density at radius 2 is 2.00 bits per heavy atom. The number of guanidine groups is 1. The highest BCUT2D eigenvalue weighted by atomic mass is 19.1. The largest absolute Gasteiger partial charge is 0.359 e. The fraction of sp³-hybridized carbons (Fsp3) is 0.556. The molecule has 0 aliphatic heterocycles. The molecule has 0 saturated carbocycles. The number of nitrogens with zero attached hydrogens (tertiary/aromatic N) is 1. The molecule has 0 atom stereocenters. The fourth-order valence-electron chi connectivity index (χ4n) is 2.28. The molecule has 5 nitrogen and oxygen atoms in total. The van der Waals surface area contributed by atoms with Crippen LogP contribution in [0.5, 0.6) is 0 Å². The summed E-state index contributed by atoms with van der Waals surface area (Å²) in [4.78, 5) is 16.3. The molecule has 1 aromatic carbocycles. The zero-order chi connectivity index (χ0) is 18.2. The van der Waals surface area contributed by atoms with E-state index in [0.29, 0.717) is 19.0 Å². The number of amides is 1. The van der Waals surface area contributed by atoms with Crippen molar-refractivity contribution in [1.29, 1.82) is 0 Å². The van der Waals surface area contributed by atoms with Crippen molar-refractivity contribution in [2.75, 3.05) is 26.7 Å². The molecule has 0 aromatic heterocycles. The molecule has 0 spiro atoms.